The molecule has 21 heavy (non-hydrogen) atoms. The van der Waals surface area contributed by atoms with Crippen molar-refractivity contribution in [3.05, 3.63) is 64.6 Å². The number of fused-ring (bicyclic) bond motifs is 1. The van der Waals surface area contributed by atoms with Crippen LogP contribution in [0.1, 0.15) is 16.7 Å². The highest BCUT2D eigenvalue weighted by Crippen LogP contribution is 2.35. The summed E-state index contributed by atoms with van der Waals surface area (Å²) in [7, 11) is -3.37. The van der Waals surface area contributed by atoms with E-state index >= 15 is 0 Å². The number of benzene rings is 2. The molecule has 0 fully saturated rings. The van der Waals surface area contributed by atoms with Crippen LogP contribution in [0.5, 0.6) is 5.75 Å². The number of rotatable bonds is 4. The predicted molar refractivity (Wildman–Crippen MR) is 79.4 cm³/mol. The second kappa shape index (κ2) is 5.35. The maximum Gasteiger partial charge on any atom is 0.200 e. The largest absolute Gasteiger partial charge is 0.489 e. The minimum atomic E-state index is -3.37. The third kappa shape index (κ3) is 2.57. The lowest BCUT2D eigenvalue weighted by Crippen LogP contribution is -2.02. The maximum absolute atomic E-state index is 11.8. The Morgan fingerprint density at radius 2 is 1.81 bits per heavy atom. The van der Waals surface area contributed by atoms with E-state index in [1.807, 2.05) is 30.3 Å². The number of ether oxygens (including phenoxy) is 1. The Kier molecular flexibility index (Phi) is 3.53. The van der Waals surface area contributed by atoms with E-state index < -0.39 is 9.84 Å². The molecular weight excluding hydrogens is 288 g/mol. The Labute approximate surface area is 123 Å². The van der Waals surface area contributed by atoms with E-state index in [0.717, 1.165) is 11.0 Å². The Balaban J connectivity index is 1.92. The second-order valence-corrected chi connectivity index (χ2v) is 6.54. The zero-order valence-corrected chi connectivity index (χ0v) is 12.0. The summed E-state index contributed by atoms with van der Waals surface area (Å²) in [5.74, 6) is 0.502. The van der Waals surface area contributed by atoms with Crippen LogP contribution in [0.15, 0.2) is 52.8 Å². The van der Waals surface area contributed by atoms with E-state index in [9.17, 15) is 13.5 Å². The average molecular weight is 302 g/mol. The van der Waals surface area contributed by atoms with Crippen molar-refractivity contribution < 1.29 is 18.3 Å². The highest BCUT2D eigenvalue weighted by molar-refractivity contribution is 7.94. The monoisotopic (exact) mass is 302 g/mol. The summed E-state index contributed by atoms with van der Waals surface area (Å²) >= 11 is 0. The summed E-state index contributed by atoms with van der Waals surface area (Å²) in [5.41, 5.74) is 2.02. The van der Waals surface area contributed by atoms with Gasteiger partial charge in [-0.05, 0) is 23.8 Å². The van der Waals surface area contributed by atoms with Crippen LogP contribution >= 0.6 is 0 Å². The fraction of sp³-hybridized carbons (Fsp3) is 0.125. The van der Waals surface area contributed by atoms with E-state index in [-0.39, 0.29) is 11.5 Å². The molecule has 0 aromatic heterocycles. The summed E-state index contributed by atoms with van der Waals surface area (Å²) in [6.07, 6.45) is 1.51. The minimum Gasteiger partial charge on any atom is -0.489 e. The fourth-order valence-corrected chi connectivity index (χ4v) is 3.54. The van der Waals surface area contributed by atoms with Gasteiger partial charge in [-0.3, -0.25) is 0 Å². The number of hydrogen-bond acceptors (Lipinski definition) is 4. The van der Waals surface area contributed by atoms with Crippen LogP contribution in [0.25, 0.3) is 6.08 Å². The lowest BCUT2D eigenvalue weighted by molar-refractivity contribution is 0.258. The molecule has 0 saturated carbocycles. The van der Waals surface area contributed by atoms with Gasteiger partial charge in [-0.1, -0.05) is 30.3 Å². The molecule has 0 amide bonds. The zero-order chi connectivity index (χ0) is 14.9. The number of aliphatic hydroxyl groups excluding tert-OH is 1. The Morgan fingerprint density at radius 3 is 2.52 bits per heavy atom. The smallest absolute Gasteiger partial charge is 0.200 e. The van der Waals surface area contributed by atoms with Crippen molar-refractivity contribution in [2.24, 2.45) is 0 Å². The fourth-order valence-electron chi connectivity index (χ4n) is 2.32. The molecule has 1 aliphatic heterocycles. The van der Waals surface area contributed by atoms with Crippen LogP contribution < -0.4 is 4.74 Å². The molecule has 2 aromatic rings. The van der Waals surface area contributed by atoms with Gasteiger partial charge in [-0.2, -0.15) is 0 Å². The summed E-state index contributed by atoms with van der Waals surface area (Å²) in [6.45, 7) is 0.0935. The van der Waals surface area contributed by atoms with E-state index in [2.05, 4.69) is 0 Å². The van der Waals surface area contributed by atoms with Gasteiger partial charge in [-0.25, -0.2) is 8.42 Å². The molecule has 0 bridgehead atoms. The van der Waals surface area contributed by atoms with Gasteiger partial charge in [0.2, 0.25) is 0 Å². The molecule has 1 aliphatic rings. The Bertz CT molecular complexity index is 793. The van der Waals surface area contributed by atoms with Crippen molar-refractivity contribution in [2.45, 2.75) is 18.1 Å². The van der Waals surface area contributed by atoms with E-state index in [1.165, 1.54) is 12.1 Å². The molecule has 0 spiro atoms. The number of aliphatic hydroxyl groups is 1. The summed E-state index contributed by atoms with van der Waals surface area (Å²) < 4.78 is 29.3. The molecule has 0 unspecified atom stereocenters. The summed E-state index contributed by atoms with van der Waals surface area (Å²) in [4.78, 5) is 0.221. The summed E-state index contributed by atoms with van der Waals surface area (Å²) in [5, 5.41) is 10.7. The van der Waals surface area contributed by atoms with Gasteiger partial charge in [-0.15, -0.1) is 0 Å². The highest BCUT2D eigenvalue weighted by Gasteiger charge is 2.24. The van der Waals surface area contributed by atoms with E-state index in [0.29, 0.717) is 23.5 Å². The van der Waals surface area contributed by atoms with Crippen LogP contribution in [-0.4, -0.2) is 13.5 Å². The topological polar surface area (TPSA) is 63.6 Å². The molecule has 4 nitrogen and oxygen atoms in total. The minimum absolute atomic E-state index is 0.221. The quantitative estimate of drug-likeness (QED) is 0.942. The molecule has 0 atom stereocenters. The van der Waals surface area contributed by atoms with Crippen molar-refractivity contribution in [1.29, 1.82) is 0 Å². The highest BCUT2D eigenvalue weighted by atomic mass is 32.2. The summed E-state index contributed by atoms with van der Waals surface area (Å²) in [6, 6.07) is 12.8. The van der Waals surface area contributed by atoms with E-state index in [1.54, 1.807) is 6.07 Å². The first-order valence-corrected chi connectivity index (χ1v) is 8.03. The van der Waals surface area contributed by atoms with Gasteiger partial charge in [0.25, 0.3) is 0 Å². The van der Waals surface area contributed by atoms with Crippen LogP contribution in [0, 0.1) is 0 Å². The average Bonchev–Trinajstić information content (AvgIpc) is 2.81. The van der Waals surface area contributed by atoms with Crippen molar-refractivity contribution in [3.8, 4) is 5.75 Å². The first-order valence-electron chi connectivity index (χ1n) is 6.48. The van der Waals surface area contributed by atoms with Gasteiger partial charge in [0, 0.05) is 16.5 Å². The molecule has 1 heterocycles. The molecule has 0 radical (unpaired) electrons. The Morgan fingerprint density at radius 1 is 1.05 bits per heavy atom. The van der Waals surface area contributed by atoms with Gasteiger partial charge in [0.15, 0.2) is 9.84 Å². The first kappa shape index (κ1) is 13.9. The maximum atomic E-state index is 11.8. The van der Waals surface area contributed by atoms with Crippen LogP contribution in [0.2, 0.25) is 0 Å². The molecule has 2 aromatic carbocycles. The van der Waals surface area contributed by atoms with Crippen molar-refractivity contribution in [1.82, 2.24) is 0 Å². The second-order valence-electron chi connectivity index (χ2n) is 4.73. The van der Waals surface area contributed by atoms with Gasteiger partial charge < -0.3 is 9.84 Å². The molecule has 0 aliphatic carbocycles. The molecule has 0 saturated heterocycles. The van der Waals surface area contributed by atoms with Crippen molar-refractivity contribution in [3.63, 3.8) is 0 Å². The van der Waals surface area contributed by atoms with Crippen molar-refractivity contribution in [2.75, 3.05) is 0 Å². The van der Waals surface area contributed by atoms with Crippen LogP contribution in [0.3, 0.4) is 0 Å². The van der Waals surface area contributed by atoms with Crippen LogP contribution in [0.4, 0.5) is 0 Å². The molecule has 1 N–H and O–H groups in total. The lowest BCUT2D eigenvalue weighted by atomic mass is 10.1. The third-order valence-electron chi connectivity index (χ3n) is 3.39. The third-order valence-corrected chi connectivity index (χ3v) is 4.85. The Hall–Kier alpha value is -2.11. The van der Waals surface area contributed by atoms with Gasteiger partial charge in [0.1, 0.15) is 12.4 Å². The normalized spacial score (nSPS) is 14.9. The molecule has 3 rings (SSSR count). The number of sulfone groups is 1. The predicted octanol–water partition coefficient (Wildman–Crippen LogP) is 2.52. The van der Waals surface area contributed by atoms with E-state index in [4.69, 9.17) is 4.74 Å². The SMILES string of the molecule is O=S1(=O)C=Cc2c1ccc(OCc1ccccc1)c2CO. The first-order chi connectivity index (χ1) is 10.1. The van der Waals surface area contributed by atoms with Crippen LogP contribution in [-0.2, 0) is 23.1 Å². The molecule has 108 valence electrons. The van der Waals surface area contributed by atoms with Crippen molar-refractivity contribution >= 4 is 15.9 Å². The standard InChI is InChI=1S/C16H14O4S/c17-10-14-13-8-9-21(18,19)16(13)7-6-15(14)20-11-12-4-2-1-3-5-12/h1-9,17H,10-11H2. The van der Waals surface area contributed by atoms with Gasteiger partial charge >= 0.3 is 0 Å². The molecule has 5 heteroatoms. The zero-order valence-electron chi connectivity index (χ0n) is 11.2. The number of hydrogen-bond donors (Lipinski definition) is 1. The lowest BCUT2D eigenvalue weighted by Gasteiger charge is -2.13. The molecular formula is C16H14O4S. The van der Waals surface area contributed by atoms with Gasteiger partial charge in [0.05, 0.1) is 11.5 Å².